The Labute approximate surface area is 130 Å². The number of amides is 1. The normalized spacial score (nSPS) is 25.3. The number of carbonyl (C=O) groups is 1. The first-order valence-electron chi connectivity index (χ1n) is 7.55. The van der Waals surface area contributed by atoms with Crippen molar-refractivity contribution >= 4 is 6.09 Å². The van der Waals surface area contributed by atoms with Gasteiger partial charge < -0.3 is 14.7 Å². The van der Waals surface area contributed by atoms with Gasteiger partial charge in [-0.05, 0) is 32.8 Å². The van der Waals surface area contributed by atoms with Crippen LogP contribution in [0.1, 0.15) is 26.3 Å². The van der Waals surface area contributed by atoms with Crippen LogP contribution in [0.2, 0.25) is 0 Å². The van der Waals surface area contributed by atoms with Crippen LogP contribution in [-0.2, 0) is 11.2 Å². The standard InChI is InChI=1S/C17H24FNO3/c1-16(2,3)22-15(21)19-10-14(17(18,11-19)12-20)9-13-7-5-4-6-8-13/h4-8,14,20H,9-12H2,1-3H3/t14-,17-/m1/s1. The molecule has 1 heterocycles. The van der Waals surface area contributed by atoms with Crippen molar-refractivity contribution in [3.8, 4) is 0 Å². The molecule has 0 bridgehead atoms. The summed E-state index contributed by atoms with van der Waals surface area (Å²) in [5, 5.41) is 9.45. The van der Waals surface area contributed by atoms with Crippen LogP contribution in [0.25, 0.3) is 0 Å². The quantitative estimate of drug-likeness (QED) is 0.934. The summed E-state index contributed by atoms with van der Waals surface area (Å²) in [5.74, 6) is -0.438. The van der Waals surface area contributed by atoms with Gasteiger partial charge >= 0.3 is 6.09 Å². The Bertz CT molecular complexity index is 514. The molecule has 2 atom stereocenters. The predicted molar refractivity (Wildman–Crippen MR) is 82.4 cm³/mol. The number of carbonyl (C=O) groups excluding carboxylic acids is 1. The van der Waals surface area contributed by atoms with Crippen LogP contribution in [0.3, 0.4) is 0 Å². The van der Waals surface area contributed by atoms with Crippen molar-refractivity contribution in [1.82, 2.24) is 4.90 Å². The van der Waals surface area contributed by atoms with Gasteiger partial charge in [-0.1, -0.05) is 30.3 Å². The van der Waals surface area contributed by atoms with Crippen molar-refractivity contribution in [3.63, 3.8) is 0 Å². The second-order valence-electron chi connectivity index (χ2n) is 6.94. The highest BCUT2D eigenvalue weighted by molar-refractivity contribution is 5.68. The van der Waals surface area contributed by atoms with E-state index in [-0.39, 0.29) is 13.1 Å². The first-order chi connectivity index (χ1) is 10.2. The number of benzene rings is 1. The number of hydrogen-bond donors (Lipinski definition) is 1. The van der Waals surface area contributed by atoms with Crippen molar-refractivity contribution in [1.29, 1.82) is 0 Å². The second kappa shape index (κ2) is 6.24. The van der Waals surface area contributed by atoms with Gasteiger partial charge in [-0.2, -0.15) is 0 Å². The van der Waals surface area contributed by atoms with E-state index in [0.717, 1.165) is 5.56 Å². The predicted octanol–water partition coefficient (Wildman–Crippen LogP) is 2.80. The van der Waals surface area contributed by atoms with Crippen LogP contribution in [0, 0.1) is 5.92 Å². The summed E-state index contributed by atoms with van der Waals surface area (Å²) in [7, 11) is 0. The second-order valence-corrected chi connectivity index (χ2v) is 6.94. The SMILES string of the molecule is CC(C)(C)OC(=O)N1C[C@@H](Cc2ccccc2)[C@](F)(CO)C1. The average Bonchev–Trinajstić information content (AvgIpc) is 2.77. The molecule has 1 aromatic rings. The van der Waals surface area contributed by atoms with Crippen molar-refractivity contribution in [2.24, 2.45) is 5.92 Å². The highest BCUT2D eigenvalue weighted by atomic mass is 19.1. The maximum Gasteiger partial charge on any atom is 0.410 e. The van der Waals surface area contributed by atoms with Gasteiger partial charge in [-0.3, -0.25) is 0 Å². The number of rotatable bonds is 3. The summed E-state index contributed by atoms with van der Waals surface area (Å²) in [5.41, 5.74) is -1.41. The molecular formula is C17H24FNO3. The van der Waals surface area contributed by atoms with E-state index >= 15 is 0 Å². The molecule has 0 aromatic heterocycles. The van der Waals surface area contributed by atoms with Gasteiger partial charge in [0.1, 0.15) is 5.60 Å². The van der Waals surface area contributed by atoms with E-state index in [1.54, 1.807) is 20.8 Å². The van der Waals surface area contributed by atoms with Crippen LogP contribution in [0.15, 0.2) is 30.3 Å². The monoisotopic (exact) mass is 309 g/mol. The molecule has 1 aliphatic heterocycles. The Kier molecular flexibility index (Phi) is 4.75. The van der Waals surface area contributed by atoms with Crippen LogP contribution in [0.4, 0.5) is 9.18 Å². The largest absolute Gasteiger partial charge is 0.444 e. The highest BCUT2D eigenvalue weighted by Crippen LogP contribution is 2.34. The van der Waals surface area contributed by atoms with Crippen LogP contribution in [-0.4, -0.2) is 47.1 Å². The fraction of sp³-hybridized carbons (Fsp3) is 0.588. The molecule has 4 nitrogen and oxygen atoms in total. The van der Waals surface area contributed by atoms with Gasteiger partial charge in [0, 0.05) is 12.5 Å². The van der Waals surface area contributed by atoms with E-state index in [0.29, 0.717) is 6.42 Å². The number of halogens is 1. The summed E-state index contributed by atoms with van der Waals surface area (Å²) in [4.78, 5) is 13.5. The van der Waals surface area contributed by atoms with Gasteiger partial charge in [0.25, 0.3) is 0 Å². The smallest absolute Gasteiger partial charge is 0.410 e. The minimum absolute atomic E-state index is 0.129. The molecule has 0 aliphatic carbocycles. The zero-order chi connectivity index (χ0) is 16.4. The first-order valence-corrected chi connectivity index (χ1v) is 7.55. The number of likely N-dealkylation sites (tertiary alicyclic amines) is 1. The summed E-state index contributed by atoms with van der Waals surface area (Å²) in [6, 6.07) is 9.55. The van der Waals surface area contributed by atoms with E-state index in [1.807, 2.05) is 30.3 Å². The minimum atomic E-state index is -1.78. The Morgan fingerprint density at radius 3 is 2.59 bits per heavy atom. The molecule has 1 fully saturated rings. The van der Waals surface area contributed by atoms with Gasteiger partial charge in [-0.15, -0.1) is 0 Å². The van der Waals surface area contributed by atoms with E-state index < -0.39 is 29.9 Å². The lowest BCUT2D eigenvalue weighted by Crippen LogP contribution is -2.40. The minimum Gasteiger partial charge on any atom is -0.444 e. The van der Waals surface area contributed by atoms with E-state index in [9.17, 15) is 14.3 Å². The van der Waals surface area contributed by atoms with E-state index in [2.05, 4.69) is 0 Å². The lowest BCUT2D eigenvalue weighted by atomic mass is 9.88. The average molecular weight is 309 g/mol. The molecule has 22 heavy (non-hydrogen) atoms. The molecule has 1 saturated heterocycles. The number of aliphatic hydroxyl groups is 1. The number of hydrogen-bond acceptors (Lipinski definition) is 3. The maximum absolute atomic E-state index is 14.9. The molecule has 1 amide bonds. The van der Waals surface area contributed by atoms with Gasteiger partial charge in [0.05, 0.1) is 13.2 Å². The first kappa shape index (κ1) is 16.7. The van der Waals surface area contributed by atoms with Gasteiger partial charge in [0.15, 0.2) is 5.67 Å². The highest BCUT2D eigenvalue weighted by Gasteiger charge is 2.49. The number of aliphatic hydroxyl groups excluding tert-OH is 1. The Balaban J connectivity index is 2.09. The number of alkyl halides is 1. The molecular weight excluding hydrogens is 285 g/mol. The topological polar surface area (TPSA) is 49.8 Å². The Morgan fingerprint density at radius 1 is 1.41 bits per heavy atom. The maximum atomic E-state index is 14.9. The Hall–Kier alpha value is -1.62. The summed E-state index contributed by atoms with van der Waals surface area (Å²) < 4.78 is 20.2. The van der Waals surface area contributed by atoms with Crippen LogP contribution >= 0.6 is 0 Å². The Morgan fingerprint density at radius 2 is 2.05 bits per heavy atom. The molecule has 122 valence electrons. The van der Waals surface area contributed by atoms with Gasteiger partial charge in [-0.25, -0.2) is 9.18 Å². The third-order valence-electron chi connectivity index (χ3n) is 3.87. The summed E-state index contributed by atoms with van der Waals surface area (Å²) in [6.07, 6.45) is -0.0458. The molecule has 1 aliphatic rings. The molecule has 0 unspecified atom stereocenters. The molecule has 2 rings (SSSR count). The van der Waals surface area contributed by atoms with Crippen molar-refractivity contribution in [3.05, 3.63) is 35.9 Å². The molecule has 0 spiro atoms. The number of ether oxygens (including phenoxy) is 1. The number of nitrogens with zero attached hydrogens (tertiary/aromatic N) is 1. The van der Waals surface area contributed by atoms with E-state index in [4.69, 9.17) is 4.74 Å². The van der Waals surface area contributed by atoms with Crippen LogP contribution in [0.5, 0.6) is 0 Å². The van der Waals surface area contributed by atoms with Crippen LogP contribution < -0.4 is 0 Å². The van der Waals surface area contributed by atoms with Crippen molar-refractivity contribution in [2.75, 3.05) is 19.7 Å². The third-order valence-corrected chi connectivity index (χ3v) is 3.87. The molecule has 5 heteroatoms. The lowest BCUT2D eigenvalue weighted by molar-refractivity contribution is 0.0195. The zero-order valence-electron chi connectivity index (χ0n) is 13.4. The molecule has 0 saturated carbocycles. The van der Waals surface area contributed by atoms with Crippen molar-refractivity contribution in [2.45, 2.75) is 38.5 Å². The molecule has 1 aromatic carbocycles. The lowest BCUT2D eigenvalue weighted by Gasteiger charge is -2.25. The fourth-order valence-electron chi connectivity index (χ4n) is 2.73. The third kappa shape index (κ3) is 3.97. The molecule has 1 N–H and O–H groups in total. The van der Waals surface area contributed by atoms with Crippen molar-refractivity contribution < 1.29 is 19.0 Å². The fourth-order valence-corrected chi connectivity index (χ4v) is 2.73. The van der Waals surface area contributed by atoms with Gasteiger partial charge in [0.2, 0.25) is 0 Å². The zero-order valence-corrected chi connectivity index (χ0v) is 13.4. The van der Waals surface area contributed by atoms with E-state index in [1.165, 1.54) is 4.90 Å². The molecule has 0 radical (unpaired) electrons. The summed E-state index contributed by atoms with van der Waals surface area (Å²) >= 11 is 0. The summed E-state index contributed by atoms with van der Waals surface area (Å²) in [6.45, 7) is 4.85.